The Kier molecular flexibility index (Phi) is 7.43. The van der Waals surface area contributed by atoms with E-state index >= 15 is 0 Å². The van der Waals surface area contributed by atoms with E-state index in [4.69, 9.17) is 15.6 Å². The summed E-state index contributed by atoms with van der Waals surface area (Å²) in [5, 5.41) is 8.86. The van der Waals surface area contributed by atoms with Gasteiger partial charge >= 0.3 is 5.97 Å². The van der Waals surface area contributed by atoms with Gasteiger partial charge in [0.05, 0.1) is 6.42 Å². The van der Waals surface area contributed by atoms with E-state index < -0.39 is 5.97 Å². The van der Waals surface area contributed by atoms with Crippen LogP contribution in [0.1, 0.15) is 23.5 Å². The lowest BCUT2D eigenvalue weighted by Crippen LogP contribution is -2.16. The van der Waals surface area contributed by atoms with E-state index in [0.717, 1.165) is 16.9 Å². The third-order valence-electron chi connectivity index (χ3n) is 3.31. The van der Waals surface area contributed by atoms with E-state index in [9.17, 15) is 4.79 Å². The Morgan fingerprint density at radius 1 is 1.09 bits per heavy atom. The van der Waals surface area contributed by atoms with E-state index in [1.807, 2.05) is 54.6 Å². The molecule has 0 spiro atoms. The normalized spacial score (nSPS) is 11.3. The molecule has 0 radical (unpaired) electrons. The molecule has 118 valence electrons. The molecule has 0 aliphatic rings. The van der Waals surface area contributed by atoms with Crippen molar-refractivity contribution in [1.82, 2.24) is 0 Å². The lowest BCUT2D eigenvalue weighted by molar-refractivity contribution is -0.137. The molecular formula is C17H20ClNO3. The standard InChI is InChI=1S/C17H19NO3.ClH/c18-11-15(10-17(19)20)14-6-8-16(9-7-14)21-12-13-4-2-1-3-5-13;/h1-9,15H,10-12,18H2,(H,19,20);1H. The summed E-state index contributed by atoms with van der Waals surface area (Å²) in [4.78, 5) is 10.8. The van der Waals surface area contributed by atoms with Gasteiger partial charge in [-0.05, 0) is 29.8 Å². The van der Waals surface area contributed by atoms with Gasteiger partial charge in [-0.15, -0.1) is 12.4 Å². The van der Waals surface area contributed by atoms with Crippen molar-refractivity contribution in [2.45, 2.75) is 18.9 Å². The van der Waals surface area contributed by atoms with Crippen LogP contribution in [0.5, 0.6) is 5.75 Å². The average molecular weight is 322 g/mol. The van der Waals surface area contributed by atoms with E-state index in [0.29, 0.717) is 13.2 Å². The molecule has 0 saturated heterocycles. The number of carboxylic acids is 1. The van der Waals surface area contributed by atoms with Crippen molar-refractivity contribution >= 4 is 18.4 Å². The molecule has 2 aromatic carbocycles. The number of benzene rings is 2. The first-order valence-corrected chi connectivity index (χ1v) is 6.87. The van der Waals surface area contributed by atoms with Gasteiger partial charge in [-0.1, -0.05) is 42.5 Å². The minimum Gasteiger partial charge on any atom is -0.489 e. The molecule has 22 heavy (non-hydrogen) atoms. The Balaban J connectivity index is 0.00000242. The molecule has 0 amide bonds. The number of carbonyl (C=O) groups is 1. The van der Waals surface area contributed by atoms with Crippen molar-refractivity contribution in [2.24, 2.45) is 5.73 Å². The predicted octanol–water partition coefficient (Wildman–Crippen LogP) is 3.20. The van der Waals surface area contributed by atoms with Gasteiger partial charge in [0, 0.05) is 5.92 Å². The third kappa shape index (κ3) is 5.39. The minimum atomic E-state index is -0.838. The highest BCUT2D eigenvalue weighted by atomic mass is 35.5. The summed E-state index contributed by atoms with van der Waals surface area (Å²) in [6, 6.07) is 17.4. The first-order chi connectivity index (χ1) is 10.2. The summed E-state index contributed by atoms with van der Waals surface area (Å²) >= 11 is 0. The first-order valence-electron chi connectivity index (χ1n) is 6.87. The van der Waals surface area contributed by atoms with E-state index in [-0.39, 0.29) is 24.7 Å². The zero-order chi connectivity index (χ0) is 15.1. The number of hydrogen-bond acceptors (Lipinski definition) is 3. The summed E-state index contributed by atoms with van der Waals surface area (Å²) in [6.07, 6.45) is 0.0424. The SMILES string of the molecule is Cl.NCC(CC(=O)O)c1ccc(OCc2ccccc2)cc1. The van der Waals surface area contributed by atoms with Crippen LogP contribution in [0.2, 0.25) is 0 Å². The Bertz CT molecular complexity index is 572. The second-order valence-electron chi connectivity index (χ2n) is 4.87. The fraction of sp³-hybridized carbons (Fsp3) is 0.235. The molecule has 1 unspecified atom stereocenters. The summed E-state index contributed by atoms with van der Waals surface area (Å²) < 4.78 is 5.69. The zero-order valence-corrected chi connectivity index (χ0v) is 13.0. The highest BCUT2D eigenvalue weighted by molar-refractivity contribution is 5.85. The monoisotopic (exact) mass is 321 g/mol. The van der Waals surface area contributed by atoms with Gasteiger partial charge in [-0.25, -0.2) is 0 Å². The Morgan fingerprint density at radius 2 is 1.73 bits per heavy atom. The van der Waals surface area contributed by atoms with Crippen LogP contribution in [0.15, 0.2) is 54.6 Å². The number of rotatable bonds is 7. The molecule has 4 nitrogen and oxygen atoms in total. The largest absolute Gasteiger partial charge is 0.489 e. The molecule has 0 aliphatic carbocycles. The third-order valence-corrected chi connectivity index (χ3v) is 3.31. The summed E-state index contributed by atoms with van der Waals surface area (Å²) in [6.45, 7) is 0.826. The summed E-state index contributed by atoms with van der Waals surface area (Å²) in [7, 11) is 0. The van der Waals surface area contributed by atoms with Gasteiger partial charge in [0.2, 0.25) is 0 Å². The smallest absolute Gasteiger partial charge is 0.304 e. The molecule has 3 N–H and O–H groups in total. The number of aliphatic carboxylic acids is 1. The van der Waals surface area contributed by atoms with Gasteiger partial charge in [-0.2, -0.15) is 0 Å². The molecule has 0 saturated carbocycles. The first kappa shape index (κ1) is 18.0. The minimum absolute atomic E-state index is 0. The van der Waals surface area contributed by atoms with E-state index in [1.54, 1.807) is 0 Å². The molecule has 0 aliphatic heterocycles. The maximum Gasteiger partial charge on any atom is 0.304 e. The van der Waals surface area contributed by atoms with Gasteiger partial charge < -0.3 is 15.6 Å². The predicted molar refractivity (Wildman–Crippen MR) is 88.5 cm³/mol. The topological polar surface area (TPSA) is 72.6 Å². The highest BCUT2D eigenvalue weighted by Gasteiger charge is 2.13. The van der Waals surface area contributed by atoms with Crippen LogP contribution >= 0.6 is 12.4 Å². The van der Waals surface area contributed by atoms with Crippen molar-refractivity contribution in [3.05, 3.63) is 65.7 Å². The fourth-order valence-electron chi connectivity index (χ4n) is 2.13. The van der Waals surface area contributed by atoms with E-state index in [2.05, 4.69) is 0 Å². The molecule has 0 fully saturated rings. The van der Waals surface area contributed by atoms with E-state index in [1.165, 1.54) is 0 Å². The second kappa shape index (κ2) is 9.07. The molecule has 0 heterocycles. The number of carboxylic acid groups (broad SMARTS) is 1. The van der Waals surface area contributed by atoms with Crippen molar-refractivity contribution in [1.29, 1.82) is 0 Å². The van der Waals surface area contributed by atoms with Gasteiger partial charge in [-0.3, -0.25) is 4.79 Å². The molecule has 0 aromatic heterocycles. The average Bonchev–Trinajstić information content (AvgIpc) is 2.52. The summed E-state index contributed by atoms with van der Waals surface area (Å²) in [5.74, 6) is -0.241. The number of nitrogens with two attached hydrogens (primary N) is 1. The van der Waals surface area contributed by atoms with Gasteiger partial charge in [0.25, 0.3) is 0 Å². The van der Waals surface area contributed by atoms with Crippen LogP contribution in [0.4, 0.5) is 0 Å². The molecule has 5 heteroatoms. The quantitative estimate of drug-likeness (QED) is 0.821. The van der Waals surface area contributed by atoms with Crippen LogP contribution in [0, 0.1) is 0 Å². The van der Waals surface area contributed by atoms with Crippen molar-refractivity contribution in [3.63, 3.8) is 0 Å². The van der Waals surface area contributed by atoms with Crippen molar-refractivity contribution in [3.8, 4) is 5.75 Å². The molecular weight excluding hydrogens is 302 g/mol. The Morgan fingerprint density at radius 3 is 2.27 bits per heavy atom. The van der Waals surface area contributed by atoms with Gasteiger partial charge in [0.1, 0.15) is 12.4 Å². The van der Waals surface area contributed by atoms with Gasteiger partial charge in [0.15, 0.2) is 0 Å². The Labute approximate surface area is 136 Å². The zero-order valence-electron chi connectivity index (χ0n) is 12.1. The lowest BCUT2D eigenvalue weighted by Gasteiger charge is -2.13. The fourth-order valence-corrected chi connectivity index (χ4v) is 2.13. The molecule has 2 aromatic rings. The summed E-state index contributed by atoms with van der Waals surface area (Å²) in [5.41, 5.74) is 7.66. The lowest BCUT2D eigenvalue weighted by atomic mass is 9.96. The number of ether oxygens (including phenoxy) is 1. The van der Waals surface area contributed by atoms with Crippen LogP contribution < -0.4 is 10.5 Å². The molecule has 2 rings (SSSR count). The van der Waals surface area contributed by atoms with Crippen LogP contribution in [0.3, 0.4) is 0 Å². The van der Waals surface area contributed by atoms with Crippen molar-refractivity contribution in [2.75, 3.05) is 6.54 Å². The number of hydrogen-bond donors (Lipinski definition) is 2. The second-order valence-corrected chi connectivity index (χ2v) is 4.87. The van der Waals surface area contributed by atoms with Crippen LogP contribution in [-0.2, 0) is 11.4 Å². The Hall–Kier alpha value is -2.04. The number of halogens is 1. The molecule has 1 atom stereocenters. The highest BCUT2D eigenvalue weighted by Crippen LogP contribution is 2.22. The van der Waals surface area contributed by atoms with Crippen molar-refractivity contribution < 1.29 is 14.6 Å². The van der Waals surface area contributed by atoms with Crippen LogP contribution in [-0.4, -0.2) is 17.6 Å². The maximum absolute atomic E-state index is 10.8. The molecule has 0 bridgehead atoms. The maximum atomic E-state index is 10.8. The van der Waals surface area contributed by atoms with Crippen LogP contribution in [0.25, 0.3) is 0 Å².